The molecule has 23 heteroatoms. The largest absolute Gasteiger partial charge is 0.394 e. The van der Waals surface area contributed by atoms with Gasteiger partial charge in [-0.05, 0) is 74.5 Å². The van der Waals surface area contributed by atoms with E-state index in [0.717, 1.165) is 31.3 Å². The van der Waals surface area contributed by atoms with Gasteiger partial charge in [-0.2, -0.15) is 0 Å². The van der Waals surface area contributed by atoms with E-state index in [1.807, 2.05) is 6.92 Å². The van der Waals surface area contributed by atoms with Crippen molar-refractivity contribution in [2.75, 3.05) is 26.4 Å². The number of fused-ring (bicyclic) bond motifs is 7. The summed E-state index contributed by atoms with van der Waals surface area (Å²) in [5.74, 6) is -0.929. The second kappa shape index (κ2) is 21.7. The summed E-state index contributed by atoms with van der Waals surface area (Å²) in [4.78, 5) is 0. The van der Waals surface area contributed by atoms with E-state index in [-0.39, 0.29) is 67.2 Å². The van der Waals surface area contributed by atoms with E-state index in [2.05, 4.69) is 26.5 Å². The number of allylic oxidation sites excluding steroid dienone is 1. The first-order valence-corrected chi connectivity index (χ1v) is 26.1. The van der Waals surface area contributed by atoms with Crippen LogP contribution in [0.5, 0.6) is 0 Å². The maximum Gasteiger partial charge on any atom is 0.187 e. The van der Waals surface area contributed by atoms with Crippen LogP contribution in [0.1, 0.15) is 79.1 Å². The number of rotatable bonds is 14. The van der Waals surface area contributed by atoms with Gasteiger partial charge in [-0.3, -0.25) is 0 Å². The highest BCUT2D eigenvalue weighted by molar-refractivity contribution is 5.28. The number of aliphatic hydroxyl groups is 14. The molecule has 9 rings (SSSR count). The zero-order valence-electron chi connectivity index (χ0n) is 41.8. The van der Waals surface area contributed by atoms with E-state index in [1.165, 1.54) is 6.92 Å². The minimum atomic E-state index is -1.84. The Morgan fingerprint density at radius 3 is 2.01 bits per heavy atom. The number of hydrogen-bond donors (Lipinski definition) is 14. The molecule has 5 heterocycles. The van der Waals surface area contributed by atoms with Gasteiger partial charge in [0.15, 0.2) is 30.9 Å². The van der Waals surface area contributed by atoms with E-state index >= 15 is 0 Å². The quantitative estimate of drug-likeness (QED) is 0.0752. The fourth-order valence-electron chi connectivity index (χ4n) is 14.6. The molecule has 0 amide bonds. The van der Waals surface area contributed by atoms with Crippen LogP contribution in [0.4, 0.5) is 0 Å². The molecule has 0 aromatic heterocycles. The molecule has 9 aliphatic rings. The number of aliphatic hydroxyl groups excluding tert-OH is 13. The SMILES string of the molecule is C=C(CC[C@@]1(O)O[C@H]2C[C@H]3[C@@H]4CC=C5C[C@@H](O[C@@H]6OC[C@H](O)[C@H](O)[C@H]6O[C@@H]6O[C@@H](C)[C@H](O)[C@@H](O[C@@H]7O[C@H](CO)[C@@H](O)[C@H](O)[C@H]7O)[C@H]6O)C[C@@H](O)[C@]5(C)[C@H]4CC[C@]3(C)[C@H]2[C@@H]1C)CO[C@@H]1O[C@H](CO)[C@@H](O)[C@H](O)[C@H]1O. The van der Waals surface area contributed by atoms with E-state index in [0.29, 0.717) is 18.4 Å². The molecule has 23 nitrogen and oxygen atoms in total. The topological polar surface area (TPSA) is 366 Å². The average Bonchev–Trinajstić information content (AvgIpc) is 3.80. The first-order chi connectivity index (χ1) is 34.5. The van der Waals surface area contributed by atoms with Gasteiger partial charge in [0.05, 0.1) is 50.8 Å². The monoisotopic (exact) mass is 1050 g/mol. The van der Waals surface area contributed by atoms with Crippen LogP contribution in [-0.2, 0) is 42.6 Å². The predicted octanol–water partition coefficient (Wildman–Crippen LogP) is -3.48. The summed E-state index contributed by atoms with van der Waals surface area (Å²) in [6.07, 6.45) is -23.8. The van der Waals surface area contributed by atoms with Crippen LogP contribution in [0, 0.1) is 40.4 Å². The molecule has 8 fully saturated rings. The summed E-state index contributed by atoms with van der Waals surface area (Å²) in [5.41, 5.74) is 0.908. The van der Waals surface area contributed by atoms with Crippen LogP contribution in [0.15, 0.2) is 23.8 Å². The Labute approximate surface area is 423 Å². The molecule has 5 aliphatic heterocycles. The molecule has 73 heavy (non-hydrogen) atoms. The lowest BCUT2D eigenvalue weighted by Gasteiger charge is -2.60. The highest BCUT2D eigenvalue weighted by Crippen LogP contribution is 2.70. The number of hydrogen-bond acceptors (Lipinski definition) is 23. The van der Waals surface area contributed by atoms with Crippen molar-refractivity contribution < 1.29 is 114 Å². The molecule has 4 aliphatic carbocycles. The molecule has 0 bridgehead atoms. The van der Waals surface area contributed by atoms with E-state index < -0.39 is 153 Å². The molecule has 0 radical (unpaired) electrons. The summed E-state index contributed by atoms with van der Waals surface area (Å²) in [6.45, 7) is 10.3. The normalized spacial score (nSPS) is 55.0. The molecule has 418 valence electrons. The Hall–Kier alpha value is -1.44. The molecule has 0 unspecified atom stereocenters. The molecule has 0 spiro atoms. The molecule has 3 saturated carbocycles. The molecule has 0 aromatic rings. The van der Waals surface area contributed by atoms with Crippen LogP contribution in [-0.4, -0.2) is 239 Å². The van der Waals surface area contributed by atoms with Crippen LogP contribution < -0.4 is 0 Å². The van der Waals surface area contributed by atoms with Crippen LogP contribution >= 0.6 is 0 Å². The Kier molecular flexibility index (Phi) is 16.7. The van der Waals surface area contributed by atoms with Gasteiger partial charge < -0.3 is 114 Å². The van der Waals surface area contributed by atoms with Crippen molar-refractivity contribution in [2.45, 2.75) is 220 Å². The Morgan fingerprint density at radius 1 is 0.712 bits per heavy atom. The minimum absolute atomic E-state index is 0.0583. The first-order valence-electron chi connectivity index (χ1n) is 26.1. The highest BCUT2D eigenvalue weighted by Gasteiger charge is 2.68. The van der Waals surface area contributed by atoms with Gasteiger partial charge in [-0.1, -0.05) is 44.6 Å². The highest BCUT2D eigenvalue weighted by atomic mass is 16.8. The van der Waals surface area contributed by atoms with Crippen molar-refractivity contribution in [3.63, 3.8) is 0 Å². The van der Waals surface area contributed by atoms with E-state index in [9.17, 15) is 71.5 Å². The smallest absolute Gasteiger partial charge is 0.187 e. The zero-order valence-corrected chi connectivity index (χ0v) is 41.8. The van der Waals surface area contributed by atoms with Gasteiger partial charge in [-0.25, -0.2) is 0 Å². The maximum atomic E-state index is 12.2. The van der Waals surface area contributed by atoms with Gasteiger partial charge in [0.2, 0.25) is 0 Å². The third-order valence-corrected chi connectivity index (χ3v) is 19.0. The van der Waals surface area contributed by atoms with Gasteiger partial charge in [0.1, 0.15) is 85.5 Å². The van der Waals surface area contributed by atoms with Crippen LogP contribution in [0.2, 0.25) is 0 Å². The lowest BCUT2D eigenvalue weighted by Crippen LogP contribution is -2.65. The van der Waals surface area contributed by atoms with Crippen molar-refractivity contribution in [2.24, 2.45) is 40.4 Å². The van der Waals surface area contributed by atoms with Crippen molar-refractivity contribution in [3.05, 3.63) is 23.8 Å². The van der Waals surface area contributed by atoms with Crippen molar-refractivity contribution in [3.8, 4) is 0 Å². The Morgan fingerprint density at radius 2 is 1.34 bits per heavy atom. The minimum Gasteiger partial charge on any atom is -0.394 e. The average molecular weight is 1050 g/mol. The summed E-state index contributed by atoms with van der Waals surface area (Å²) in [5, 5.41) is 150. The predicted molar refractivity (Wildman–Crippen MR) is 246 cm³/mol. The van der Waals surface area contributed by atoms with Crippen molar-refractivity contribution in [1.29, 1.82) is 0 Å². The molecular formula is C50H80O23. The fraction of sp³-hybridized carbons (Fsp3) is 0.920. The van der Waals surface area contributed by atoms with Gasteiger partial charge in [0, 0.05) is 24.2 Å². The van der Waals surface area contributed by atoms with E-state index in [1.54, 1.807) is 0 Å². The standard InChI is InChI=1S/C50H80O23/c1-19(17-65-44-39(61)37(59)35(57)29(15-51)69-44)8-11-50(64)20(2)32-28(73-50)14-26-24-7-6-22-12-23(13-31(54)49(22,5)25(24)9-10-48(26,32)4)68-47-43(34(56)27(53)18-66-47)72-46-41(63)42(33(55)21(3)67-46)71-45-40(62)38(60)36(58)30(16-52)70-45/h6,20-21,23-47,51-64H,1,7-18H2,2-5H3/t20-,21-,23+,24+,25-,26-,27-,28-,29+,30+,31+,32-,33-,34-,35+,36+,37-,38-,39+,40+,41+,42+,43+,44+,45-,46-,47-,48-,49-,50+/m0/s1. The van der Waals surface area contributed by atoms with Crippen LogP contribution in [0.3, 0.4) is 0 Å². The van der Waals surface area contributed by atoms with Gasteiger partial charge in [-0.15, -0.1) is 0 Å². The summed E-state index contributed by atoms with van der Waals surface area (Å²) in [7, 11) is 0. The third-order valence-electron chi connectivity index (χ3n) is 19.0. The van der Waals surface area contributed by atoms with Gasteiger partial charge in [0.25, 0.3) is 0 Å². The summed E-state index contributed by atoms with van der Waals surface area (Å²) >= 11 is 0. The van der Waals surface area contributed by atoms with Crippen LogP contribution in [0.25, 0.3) is 0 Å². The molecule has 14 N–H and O–H groups in total. The molecule has 5 saturated heterocycles. The molecule has 30 atom stereocenters. The second-order valence-electron chi connectivity index (χ2n) is 23.0. The zero-order chi connectivity index (χ0) is 52.8. The Bertz CT molecular complexity index is 1950. The molecule has 0 aromatic carbocycles. The maximum absolute atomic E-state index is 12.2. The molecular weight excluding hydrogens is 969 g/mol. The van der Waals surface area contributed by atoms with Crippen molar-refractivity contribution in [1.82, 2.24) is 0 Å². The Balaban J connectivity index is 0.820. The lowest BCUT2D eigenvalue weighted by molar-refractivity contribution is -0.380. The van der Waals surface area contributed by atoms with E-state index in [4.69, 9.17) is 42.6 Å². The van der Waals surface area contributed by atoms with Gasteiger partial charge >= 0.3 is 0 Å². The number of ether oxygens (including phenoxy) is 9. The summed E-state index contributed by atoms with van der Waals surface area (Å²) < 4.78 is 53.3. The second-order valence-corrected chi connectivity index (χ2v) is 23.0. The third kappa shape index (κ3) is 9.95. The summed E-state index contributed by atoms with van der Waals surface area (Å²) in [6, 6.07) is 0. The first kappa shape index (κ1) is 56.3. The van der Waals surface area contributed by atoms with Crippen molar-refractivity contribution >= 4 is 0 Å². The fourth-order valence-corrected chi connectivity index (χ4v) is 14.6. The lowest BCUT2D eigenvalue weighted by atomic mass is 9.46.